The van der Waals surface area contributed by atoms with E-state index in [0.29, 0.717) is 5.75 Å². The molecule has 0 saturated carbocycles. The third kappa shape index (κ3) is 8.80. The van der Waals surface area contributed by atoms with Gasteiger partial charge < -0.3 is 9.90 Å². The first kappa shape index (κ1) is 19.0. The topological polar surface area (TPSA) is 37.3 Å². The number of Topliss-reactive ketones (excluding diaryl/α,β-unsaturated/α-hetero) is 1. The molecule has 1 rings (SSSR count). The third-order valence-corrected chi connectivity index (χ3v) is 1.96. The fourth-order valence-corrected chi connectivity index (χ4v) is 1.25. The van der Waals surface area contributed by atoms with Gasteiger partial charge in [-0.2, -0.15) is 0 Å². The molecule has 0 atom stereocenters. The standard InChI is InChI=1S/C11H16O.C3H6O.C2H6/c1-8-5-6-10(12)9(7-8)11(2,3)4;1-3(2)4;1-2/h5-7,12H,1-4H3;1-2H3;1-2H3. The van der Waals surface area contributed by atoms with Crippen LogP contribution in [0.2, 0.25) is 0 Å². The molecule has 0 spiro atoms. The normalized spacial score (nSPS) is 9.56. The summed E-state index contributed by atoms with van der Waals surface area (Å²) in [6, 6.07) is 5.72. The van der Waals surface area contributed by atoms with Gasteiger partial charge >= 0.3 is 0 Å². The van der Waals surface area contributed by atoms with Gasteiger partial charge in [-0.1, -0.05) is 52.3 Å². The van der Waals surface area contributed by atoms with Gasteiger partial charge in [0, 0.05) is 0 Å². The zero-order valence-electron chi connectivity index (χ0n) is 13.1. The largest absolute Gasteiger partial charge is 0.508 e. The summed E-state index contributed by atoms with van der Waals surface area (Å²) in [6.45, 7) is 15.4. The number of hydrogen-bond donors (Lipinski definition) is 1. The molecule has 0 fully saturated rings. The van der Waals surface area contributed by atoms with Crippen LogP contribution in [-0.2, 0) is 10.2 Å². The number of hydrogen-bond acceptors (Lipinski definition) is 2. The van der Waals surface area contributed by atoms with E-state index >= 15 is 0 Å². The molecule has 2 heteroatoms. The molecule has 104 valence electrons. The quantitative estimate of drug-likeness (QED) is 0.731. The number of aryl methyl sites for hydroxylation is 1. The van der Waals surface area contributed by atoms with Crippen LogP contribution in [0.15, 0.2) is 18.2 Å². The Morgan fingerprint density at radius 1 is 1.11 bits per heavy atom. The Balaban J connectivity index is 0. The van der Waals surface area contributed by atoms with Gasteiger partial charge in [-0.25, -0.2) is 0 Å². The lowest BCUT2D eigenvalue weighted by Gasteiger charge is -2.20. The second-order valence-corrected chi connectivity index (χ2v) is 5.18. The van der Waals surface area contributed by atoms with Crippen molar-refractivity contribution in [3.8, 4) is 5.75 Å². The zero-order valence-corrected chi connectivity index (χ0v) is 13.1. The molecule has 0 saturated heterocycles. The number of phenolic OH excluding ortho intramolecular Hbond substituents is 1. The lowest BCUT2D eigenvalue weighted by Crippen LogP contribution is -2.11. The summed E-state index contributed by atoms with van der Waals surface area (Å²) in [5, 5.41) is 9.57. The van der Waals surface area contributed by atoms with Crippen LogP contribution in [0.1, 0.15) is 59.6 Å². The highest BCUT2D eigenvalue weighted by Gasteiger charge is 2.17. The van der Waals surface area contributed by atoms with E-state index in [-0.39, 0.29) is 11.2 Å². The summed E-state index contributed by atoms with van der Waals surface area (Å²) in [4.78, 5) is 9.44. The first-order chi connectivity index (χ1) is 8.14. The minimum atomic E-state index is 0.0239. The fourth-order valence-electron chi connectivity index (χ4n) is 1.25. The van der Waals surface area contributed by atoms with Crippen LogP contribution in [0.3, 0.4) is 0 Å². The number of carbonyl (C=O) groups is 1. The Morgan fingerprint density at radius 3 is 1.78 bits per heavy atom. The SMILES string of the molecule is CC.CC(C)=O.Cc1ccc(O)c(C(C)(C)C)c1. The predicted octanol–water partition coefficient (Wildman–Crippen LogP) is 4.62. The number of rotatable bonds is 0. The summed E-state index contributed by atoms with van der Waals surface area (Å²) in [5.74, 6) is 0.563. The maximum atomic E-state index is 9.57. The summed E-state index contributed by atoms with van der Waals surface area (Å²) >= 11 is 0. The summed E-state index contributed by atoms with van der Waals surface area (Å²) in [5.41, 5.74) is 2.23. The maximum absolute atomic E-state index is 9.57. The fraction of sp³-hybridized carbons (Fsp3) is 0.562. The van der Waals surface area contributed by atoms with E-state index < -0.39 is 0 Å². The third-order valence-electron chi connectivity index (χ3n) is 1.96. The maximum Gasteiger partial charge on any atom is 0.126 e. The van der Waals surface area contributed by atoms with E-state index in [1.165, 1.54) is 19.4 Å². The Kier molecular flexibility index (Phi) is 9.24. The minimum Gasteiger partial charge on any atom is -0.508 e. The van der Waals surface area contributed by atoms with Crippen LogP contribution in [-0.4, -0.2) is 10.9 Å². The molecule has 0 aliphatic rings. The van der Waals surface area contributed by atoms with E-state index in [1.807, 2.05) is 32.9 Å². The molecule has 0 heterocycles. The van der Waals surface area contributed by atoms with Crippen molar-refractivity contribution in [3.63, 3.8) is 0 Å². The number of carbonyl (C=O) groups excluding carboxylic acids is 1. The van der Waals surface area contributed by atoms with Crippen LogP contribution in [0.25, 0.3) is 0 Å². The molecule has 0 amide bonds. The molecular weight excluding hydrogens is 224 g/mol. The van der Waals surface area contributed by atoms with Gasteiger partial charge in [-0.15, -0.1) is 0 Å². The molecule has 18 heavy (non-hydrogen) atoms. The van der Waals surface area contributed by atoms with Gasteiger partial charge in [0.15, 0.2) is 0 Å². The number of ketones is 1. The Hall–Kier alpha value is -1.31. The van der Waals surface area contributed by atoms with E-state index in [4.69, 9.17) is 0 Å². The Morgan fingerprint density at radius 2 is 1.50 bits per heavy atom. The van der Waals surface area contributed by atoms with Crippen LogP contribution < -0.4 is 0 Å². The molecule has 0 radical (unpaired) electrons. The van der Waals surface area contributed by atoms with Gasteiger partial charge in [0.05, 0.1) is 0 Å². The highest BCUT2D eigenvalue weighted by Crippen LogP contribution is 2.30. The van der Waals surface area contributed by atoms with Crippen molar-refractivity contribution in [3.05, 3.63) is 29.3 Å². The van der Waals surface area contributed by atoms with Crippen molar-refractivity contribution in [1.82, 2.24) is 0 Å². The van der Waals surface area contributed by atoms with Crippen molar-refractivity contribution in [2.24, 2.45) is 0 Å². The van der Waals surface area contributed by atoms with Crippen molar-refractivity contribution < 1.29 is 9.90 Å². The number of phenols is 1. The molecule has 2 nitrogen and oxygen atoms in total. The lowest BCUT2D eigenvalue weighted by molar-refractivity contribution is -0.114. The van der Waals surface area contributed by atoms with Crippen LogP contribution in [0.5, 0.6) is 5.75 Å². The molecule has 1 N–H and O–H groups in total. The highest BCUT2D eigenvalue weighted by molar-refractivity contribution is 5.72. The molecular formula is C16H28O2. The number of aromatic hydroxyl groups is 1. The first-order valence-corrected chi connectivity index (χ1v) is 6.42. The van der Waals surface area contributed by atoms with Crippen molar-refractivity contribution >= 4 is 5.78 Å². The first-order valence-electron chi connectivity index (χ1n) is 6.42. The van der Waals surface area contributed by atoms with E-state index in [2.05, 4.69) is 20.8 Å². The molecule has 0 aromatic heterocycles. The smallest absolute Gasteiger partial charge is 0.126 e. The van der Waals surface area contributed by atoms with Gasteiger partial charge in [-0.05, 0) is 37.8 Å². The van der Waals surface area contributed by atoms with Crippen LogP contribution in [0.4, 0.5) is 0 Å². The van der Waals surface area contributed by atoms with Crippen molar-refractivity contribution in [1.29, 1.82) is 0 Å². The average Bonchev–Trinajstić information content (AvgIpc) is 2.22. The van der Waals surface area contributed by atoms with Crippen LogP contribution in [0, 0.1) is 6.92 Å². The Bertz CT molecular complexity index is 356. The summed E-state index contributed by atoms with van der Waals surface area (Å²) < 4.78 is 0. The van der Waals surface area contributed by atoms with Gasteiger partial charge in [-0.3, -0.25) is 0 Å². The van der Waals surface area contributed by atoms with Crippen LogP contribution >= 0.6 is 0 Å². The molecule has 0 aliphatic carbocycles. The van der Waals surface area contributed by atoms with E-state index in [1.54, 1.807) is 6.07 Å². The average molecular weight is 252 g/mol. The number of benzene rings is 1. The molecule has 0 aliphatic heterocycles. The minimum absolute atomic E-state index is 0.0239. The monoisotopic (exact) mass is 252 g/mol. The molecule has 1 aromatic rings. The molecule has 1 aromatic carbocycles. The van der Waals surface area contributed by atoms with E-state index in [9.17, 15) is 9.90 Å². The summed E-state index contributed by atoms with van der Waals surface area (Å²) in [6.07, 6.45) is 0. The molecule has 0 unspecified atom stereocenters. The summed E-state index contributed by atoms with van der Waals surface area (Å²) in [7, 11) is 0. The van der Waals surface area contributed by atoms with Gasteiger partial charge in [0.1, 0.15) is 11.5 Å². The van der Waals surface area contributed by atoms with Crippen molar-refractivity contribution in [2.45, 2.75) is 60.8 Å². The van der Waals surface area contributed by atoms with E-state index in [0.717, 1.165) is 5.56 Å². The molecule has 0 bridgehead atoms. The Labute approximate surface area is 112 Å². The predicted molar refractivity (Wildman–Crippen MR) is 79.2 cm³/mol. The lowest BCUT2D eigenvalue weighted by atomic mass is 9.85. The second kappa shape index (κ2) is 8.73. The van der Waals surface area contributed by atoms with Gasteiger partial charge in [0.25, 0.3) is 0 Å². The van der Waals surface area contributed by atoms with Crippen molar-refractivity contribution in [2.75, 3.05) is 0 Å². The highest BCUT2D eigenvalue weighted by atomic mass is 16.3. The second-order valence-electron chi connectivity index (χ2n) is 5.18. The van der Waals surface area contributed by atoms with Gasteiger partial charge in [0.2, 0.25) is 0 Å². The zero-order chi connectivity index (χ0) is 14.9.